The molecule has 1 rings (SSSR count). The first-order chi connectivity index (χ1) is 9.11. The quantitative estimate of drug-likeness (QED) is 0.709. The van der Waals surface area contributed by atoms with Crippen LogP contribution in [0.3, 0.4) is 0 Å². The predicted octanol–water partition coefficient (Wildman–Crippen LogP) is 3.06. The summed E-state index contributed by atoms with van der Waals surface area (Å²) in [7, 11) is 3.45. The maximum Gasteiger partial charge on any atom is 0.125 e. The molecule has 0 bridgehead atoms. The van der Waals surface area contributed by atoms with Crippen molar-refractivity contribution in [2.75, 3.05) is 20.8 Å². The van der Waals surface area contributed by atoms with Gasteiger partial charge in [0.25, 0.3) is 0 Å². The summed E-state index contributed by atoms with van der Waals surface area (Å²) in [5, 5.41) is 4.46. The highest BCUT2D eigenvalue weighted by Crippen LogP contribution is 2.33. The van der Waals surface area contributed by atoms with E-state index in [1.54, 1.807) is 25.6 Å². The number of methoxy groups -OCH3 is 2. The molecule has 0 aromatic carbocycles. The maximum atomic E-state index is 5.63. The maximum absolute atomic E-state index is 5.63. The second-order valence-corrected chi connectivity index (χ2v) is 5.87. The van der Waals surface area contributed by atoms with E-state index in [1.165, 1.54) is 4.88 Å². The number of rotatable bonds is 9. The number of nitrogens with one attached hydrogen (secondary N) is 1. The molecule has 4 nitrogen and oxygen atoms in total. The van der Waals surface area contributed by atoms with Crippen LogP contribution in [0, 0.1) is 0 Å². The van der Waals surface area contributed by atoms with Crippen molar-refractivity contribution in [3.05, 3.63) is 15.6 Å². The van der Waals surface area contributed by atoms with Gasteiger partial charge in [0.1, 0.15) is 10.6 Å². The van der Waals surface area contributed by atoms with Crippen LogP contribution in [0.4, 0.5) is 0 Å². The van der Waals surface area contributed by atoms with E-state index in [2.05, 4.69) is 26.1 Å². The Labute approximate surface area is 120 Å². The zero-order chi connectivity index (χ0) is 14.3. The van der Waals surface area contributed by atoms with Crippen molar-refractivity contribution in [1.82, 2.24) is 10.3 Å². The molecular weight excluding hydrogens is 260 g/mol. The van der Waals surface area contributed by atoms with Crippen molar-refractivity contribution in [2.24, 2.45) is 0 Å². The minimum Gasteiger partial charge on any atom is -0.378 e. The van der Waals surface area contributed by atoms with Crippen molar-refractivity contribution in [3.63, 3.8) is 0 Å². The van der Waals surface area contributed by atoms with E-state index < -0.39 is 0 Å². The Balaban J connectivity index is 2.92. The van der Waals surface area contributed by atoms with Gasteiger partial charge in [0.15, 0.2) is 0 Å². The first-order valence-electron chi connectivity index (χ1n) is 6.85. The Morgan fingerprint density at radius 3 is 2.58 bits per heavy atom. The molecule has 1 N–H and O–H groups in total. The molecular formula is C14H26N2O2S. The van der Waals surface area contributed by atoms with Gasteiger partial charge in [-0.05, 0) is 26.3 Å². The van der Waals surface area contributed by atoms with Gasteiger partial charge in [-0.3, -0.25) is 0 Å². The summed E-state index contributed by atoms with van der Waals surface area (Å²) in [5.41, 5.74) is 0.735. The van der Waals surface area contributed by atoms with Crippen molar-refractivity contribution in [3.8, 4) is 0 Å². The fraction of sp³-hybridized carbons (Fsp3) is 0.786. The lowest BCUT2D eigenvalue weighted by Gasteiger charge is -2.23. The lowest BCUT2D eigenvalue weighted by atomic mass is 10.1. The third kappa shape index (κ3) is 4.24. The van der Waals surface area contributed by atoms with Gasteiger partial charge in [-0.15, -0.1) is 11.3 Å². The molecule has 1 heterocycles. The summed E-state index contributed by atoms with van der Waals surface area (Å²) in [6, 6.07) is 0. The van der Waals surface area contributed by atoms with Crippen LogP contribution in [0.25, 0.3) is 0 Å². The van der Waals surface area contributed by atoms with Crippen LogP contribution in [0.1, 0.15) is 49.2 Å². The number of nitrogens with zero attached hydrogens (tertiary/aromatic N) is 1. The van der Waals surface area contributed by atoms with Gasteiger partial charge in [-0.2, -0.15) is 0 Å². The second kappa shape index (κ2) is 7.94. The van der Waals surface area contributed by atoms with Crippen LogP contribution in [-0.4, -0.2) is 25.7 Å². The predicted molar refractivity (Wildman–Crippen MR) is 79.5 cm³/mol. The molecule has 1 unspecified atom stereocenters. The average Bonchev–Trinajstić information content (AvgIpc) is 2.82. The zero-order valence-electron chi connectivity index (χ0n) is 12.7. The molecule has 0 fully saturated rings. The van der Waals surface area contributed by atoms with E-state index in [4.69, 9.17) is 14.5 Å². The molecule has 0 spiro atoms. The summed E-state index contributed by atoms with van der Waals surface area (Å²) >= 11 is 1.73. The van der Waals surface area contributed by atoms with Crippen LogP contribution >= 0.6 is 11.3 Å². The van der Waals surface area contributed by atoms with Gasteiger partial charge in [0, 0.05) is 25.6 Å². The van der Waals surface area contributed by atoms with Crippen molar-refractivity contribution >= 4 is 11.3 Å². The topological polar surface area (TPSA) is 43.4 Å². The smallest absolute Gasteiger partial charge is 0.125 e. The summed E-state index contributed by atoms with van der Waals surface area (Å²) in [5.74, 6) is 0. The highest BCUT2D eigenvalue weighted by Gasteiger charge is 2.29. The number of aromatic nitrogens is 1. The van der Waals surface area contributed by atoms with Gasteiger partial charge >= 0.3 is 0 Å². The molecule has 110 valence electrons. The molecule has 0 radical (unpaired) electrons. The molecule has 0 aliphatic rings. The fourth-order valence-corrected chi connectivity index (χ4v) is 2.99. The number of hydrogen-bond acceptors (Lipinski definition) is 5. The van der Waals surface area contributed by atoms with Crippen LogP contribution in [0.5, 0.6) is 0 Å². The standard InChI is InChI=1S/C14H26N2O2S/c1-6-8-15-9-12-11(10-17-4)16-13(19-12)14(3,7-2)18-5/h15H,6-10H2,1-5H3. The molecule has 19 heavy (non-hydrogen) atoms. The molecule has 0 saturated carbocycles. The molecule has 0 saturated heterocycles. The first-order valence-corrected chi connectivity index (χ1v) is 7.66. The number of ether oxygens (including phenoxy) is 2. The molecule has 1 atom stereocenters. The van der Waals surface area contributed by atoms with E-state index in [1.807, 2.05) is 0 Å². The van der Waals surface area contributed by atoms with Crippen LogP contribution in [0.15, 0.2) is 0 Å². The van der Waals surface area contributed by atoms with E-state index >= 15 is 0 Å². The van der Waals surface area contributed by atoms with Gasteiger partial charge in [-0.25, -0.2) is 4.98 Å². The highest BCUT2D eigenvalue weighted by atomic mass is 32.1. The highest BCUT2D eigenvalue weighted by molar-refractivity contribution is 7.11. The molecule has 1 aromatic heterocycles. The van der Waals surface area contributed by atoms with Crippen molar-refractivity contribution in [1.29, 1.82) is 0 Å². The SMILES string of the molecule is CCCNCc1sc(C(C)(CC)OC)nc1COC. The number of thiazole rings is 1. The molecule has 0 amide bonds. The Kier molecular flexibility index (Phi) is 6.93. The molecule has 1 aromatic rings. The average molecular weight is 286 g/mol. The lowest BCUT2D eigenvalue weighted by molar-refractivity contribution is -0.00183. The van der Waals surface area contributed by atoms with E-state index in [-0.39, 0.29) is 5.60 Å². The van der Waals surface area contributed by atoms with Crippen molar-refractivity contribution in [2.45, 2.75) is 52.4 Å². The van der Waals surface area contributed by atoms with Gasteiger partial charge in [0.2, 0.25) is 0 Å². The Morgan fingerprint density at radius 1 is 1.32 bits per heavy atom. The molecule has 5 heteroatoms. The zero-order valence-corrected chi connectivity index (χ0v) is 13.5. The summed E-state index contributed by atoms with van der Waals surface area (Å²) in [6.07, 6.45) is 2.04. The van der Waals surface area contributed by atoms with Crippen LogP contribution < -0.4 is 5.32 Å². The Morgan fingerprint density at radius 2 is 2.05 bits per heavy atom. The minimum atomic E-state index is -0.295. The first kappa shape index (κ1) is 16.6. The third-order valence-corrected chi connectivity index (χ3v) is 4.69. The van der Waals surface area contributed by atoms with Crippen LogP contribution in [0.2, 0.25) is 0 Å². The van der Waals surface area contributed by atoms with Gasteiger partial charge in [-0.1, -0.05) is 13.8 Å². The molecule has 0 aliphatic heterocycles. The van der Waals surface area contributed by atoms with Gasteiger partial charge in [0.05, 0.1) is 12.3 Å². The fourth-order valence-electron chi connectivity index (χ4n) is 1.76. The molecule has 0 aliphatic carbocycles. The van der Waals surface area contributed by atoms with Gasteiger partial charge < -0.3 is 14.8 Å². The monoisotopic (exact) mass is 286 g/mol. The third-order valence-electron chi connectivity index (χ3n) is 3.35. The normalized spacial score (nSPS) is 14.6. The van der Waals surface area contributed by atoms with Crippen LogP contribution in [-0.2, 0) is 28.2 Å². The van der Waals surface area contributed by atoms with Crippen molar-refractivity contribution < 1.29 is 9.47 Å². The summed E-state index contributed by atoms with van der Waals surface area (Å²) < 4.78 is 10.9. The lowest BCUT2D eigenvalue weighted by Crippen LogP contribution is -2.22. The minimum absolute atomic E-state index is 0.295. The summed E-state index contributed by atoms with van der Waals surface area (Å²) in [4.78, 5) is 5.97. The summed E-state index contributed by atoms with van der Waals surface area (Å²) in [6.45, 7) is 8.81. The van der Waals surface area contributed by atoms with E-state index in [9.17, 15) is 0 Å². The Hall–Kier alpha value is -0.490. The number of hydrogen-bond donors (Lipinski definition) is 1. The second-order valence-electron chi connectivity index (χ2n) is 4.79. The Bertz CT molecular complexity index is 376. The largest absolute Gasteiger partial charge is 0.378 e. The van der Waals surface area contributed by atoms with E-state index in [0.717, 1.165) is 36.6 Å². The van der Waals surface area contributed by atoms with E-state index in [0.29, 0.717) is 6.61 Å².